The van der Waals surface area contributed by atoms with Gasteiger partial charge in [-0.05, 0) is 0 Å². The molecule has 0 amide bonds. The summed E-state index contributed by atoms with van der Waals surface area (Å²) < 4.78 is 0. The summed E-state index contributed by atoms with van der Waals surface area (Å²) in [5, 5.41) is 0. The van der Waals surface area contributed by atoms with Crippen molar-refractivity contribution in [3.63, 3.8) is 0 Å². The molecule has 0 aliphatic heterocycles. The largest absolute Gasteiger partial charge is 4.00 e. The van der Waals surface area contributed by atoms with E-state index < -0.39 is 0 Å². The Labute approximate surface area is 45.7 Å². The summed E-state index contributed by atoms with van der Waals surface area (Å²) in [5.74, 6) is 0. The van der Waals surface area contributed by atoms with E-state index in [1.807, 2.05) is 0 Å². The Morgan fingerprint density at radius 3 is 1.75 bits per heavy atom. The van der Waals surface area contributed by atoms with Gasteiger partial charge < -0.3 is 5.73 Å². The van der Waals surface area contributed by atoms with Gasteiger partial charge in [-0.25, -0.2) is 0 Å². The van der Waals surface area contributed by atoms with Crippen LogP contribution in [0.3, 0.4) is 0 Å². The van der Waals surface area contributed by atoms with E-state index in [4.69, 9.17) is 5.73 Å². The van der Waals surface area contributed by atoms with Crippen LogP contribution in [0.4, 0.5) is 0 Å². The summed E-state index contributed by atoms with van der Waals surface area (Å²) in [5.41, 5.74) is 6.21. The van der Waals surface area contributed by atoms with Gasteiger partial charge >= 0.3 is 26.2 Å². The van der Waals surface area contributed by atoms with E-state index in [9.17, 15) is 0 Å². The molecule has 0 bridgehead atoms. The molecule has 0 fully saturated rings. The topological polar surface area (TPSA) is 23.8 Å². The molecule has 0 atom stereocenters. The van der Waals surface area contributed by atoms with Crippen molar-refractivity contribution < 1.29 is 26.2 Å². The maximum absolute atomic E-state index is 6.21. The Morgan fingerprint density at radius 2 is 1.75 bits per heavy atom. The quantitative estimate of drug-likeness (QED) is 0.474. The third kappa shape index (κ3) is 13.6. The van der Waals surface area contributed by atoms with Gasteiger partial charge in [0.2, 0.25) is 0 Å². The van der Waals surface area contributed by atoms with E-state index in [0.717, 1.165) is 0 Å². The Hall–Kier alpha value is 0.843. The van der Waals surface area contributed by atoms with Crippen LogP contribution in [-0.2, 0) is 26.2 Å². The van der Waals surface area contributed by atoms with Gasteiger partial charge in [0, 0.05) is 0 Å². The predicted molar refractivity (Wildman–Crippen MR) is 14.9 cm³/mol. The molecule has 0 aromatic carbocycles. The van der Waals surface area contributed by atoms with E-state index in [1.54, 1.807) is 6.92 Å². The minimum atomic E-state index is 0. The summed E-state index contributed by atoms with van der Waals surface area (Å²) in [6.45, 7) is 2.29. The van der Waals surface area contributed by atoms with Gasteiger partial charge in [0.15, 0.2) is 0 Å². The third-order valence-corrected chi connectivity index (χ3v) is 0. The molecule has 1 N–H and O–H groups in total. The van der Waals surface area contributed by atoms with Crippen LogP contribution in [0, 0.1) is 0 Å². The summed E-state index contributed by atoms with van der Waals surface area (Å²) in [6.07, 6.45) is 0. The zero-order valence-corrected chi connectivity index (χ0v) is 5.17. The molecule has 1 nitrogen and oxygen atoms in total. The molecule has 0 spiro atoms. The molecule has 0 aliphatic rings. The fraction of sp³-hybridized carbons (Fsp3) is 1.00. The molecular formula is C2H6NZr+3. The van der Waals surface area contributed by atoms with Crippen molar-refractivity contribution in [1.82, 2.24) is 0 Å². The molecular weight excluding hydrogens is 129 g/mol. The van der Waals surface area contributed by atoms with Gasteiger partial charge in [0.1, 0.15) is 0 Å². The standard InChI is InChI=1S/C2H6N.Zr/c1-2-3;/h3H,2H2,1H3;/q-1;+4. The first-order valence-electron chi connectivity index (χ1n) is 1.06. The van der Waals surface area contributed by atoms with Gasteiger partial charge in [-0.1, -0.05) is 6.92 Å². The minimum absolute atomic E-state index is 0. The van der Waals surface area contributed by atoms with Crippen molar-refractivity contribution in [2.45, 2.75) is 6.92 Å². The SMILES string of the molecule is CC[NH-].[Zr+4]. The first kappa shape index (κ1) is 8.85. The monoisotopic (exact) mass is 134 g/mol. The summed E-state index contributed by atoms with van der Waals surface area (Å²) in [4.78, 5) is 0. The minimum Gasteiger partial charge on any atom is -0.678 e. The van der Waals surface area contributed by atoms with Gasteiger partial charge in [-0.3, -0.25) is 0 Å². The molecule has 0 aliphatic carbocycles. The second-order valence-electron chi connectivity index (χ2n) is 0.354. The van der Waals surface area contributed by atoms with Crippen LogP contribution in [0.1, 0.15) is 6.92 Å². The summed E-state index contributed by atoms with van der Waals surface area (Å²) >= 11 is 0. The molecule has 2 heteroatoms. The molecule has 0 aromatic heterocycles. The first-order chi connectivity index (χ1) is 1.41. The Bertz CT molecular complexity index is 6.00. The van der Waals surface area contributed by atoms with Gasteiger partial charge in [-0.2, -0.15) is 6.54 Å². The van der Waals surface area contributed by atoms with E-state index in [1.165, 1.54) is 0 Å². The number of hydrogen-bond acceptors (Lipinski definition) is 0. The Balaban J connectivity index is 0. The van der Waals surface area contributed by atoms with E-state index >= 15 is 0 Å². The van der Waals surface area contributed by atoms with Crippen molar-refractivity contribution in [2.75, 3.05) is 6.54 Å². The second-order valence-corrected chi connectivity index (χ2v) is 0.354. The zero-order chi connectivity index (χ0) is 2.71. The molecule has 0 radical (unpaired) electrons. The first-order valence-corrected chi connectivity index (χ1v) is 1.06. The van der Waals surface area contributed by atoms with Crippen LogP contribution in [0.25, 0.3) is 5.73 Å². The van der Waals surface area contributed by atoms with Crippen LogP contribution >= 0.6 is 0 Å². The molecule has 0 saturated heterocycles. The fourth-order valence-corrected chi connectivity index (χ4v) is 0. The zero-order valence-electron chi connectivity index (χ0n) is 2.71. The van der Waals surface area contributed by atoms with Gasteiger partial charge in [0.05, 0.1) is 0 Å². The summed E-state index contributed by atoms with van der Waals surface area (Å²) in [7, 11) is 0. The van der Waals surface area contributed by atoms with Crippen LogP contribution < -0.4 is 0 Å². The van der Waals surface area contributed by atoms with E-state index in [2.05, 4.69) is 0 Å². The molecule has 20 valence electrons. The van der Waals surface area contributed by atoms with Crippen LogP contribution in [0.2, 0.25) is 0 Å². The molecule has 0 saturated carbocycles. The van der Waals surface area contributed by atoms with Gasteiger partial charge in [-0.15, -0.1) is 0 Å². The smallest absolute Gasteiger partial charge is 0.678 e. The Morgan fingerprint density at radius 1 is 1.75 bits per heavy atom. The number of hydrogen-bond donors (Lipinski definition) is 0. The van der Waals surface area contributed by atoms with Crippen molar-refractivity contribution in [3.05, 3.63) is 5.73 Å². The average Bonchev–Trinajstić information content (AvgIpc) is 0.918. The Kier molecular flexibility index (Phi) is 20.2. The molecule has 0 heterocycles. The van der Waals surface area contributed by atoms with Crippen LogP contribution in [0.5, 0.6) is 0 Å². The van der Waals surface area contributed by atoms with Gasteiger partial charge in [0.25, 0.3) is 0 Å². The molecule has 0 unspecified atom stereocenters. The predicted octanol–water partition coefficient (Wildman–Crippen LogP) is 1.06. The fourth-order valence-electron chi connectivity index (χ4n) is 0. The van der Waals surface area contributed by atoms with Crippen molar-refractivity contribution in [2.24, 2.45) is 0 Å². The van der Waals surface area contributed by atoms with Crippen LogP contribution in [-0.4, -0.2) is 6.54 Å². The molecule has 4 heavy (non-hydrogen) atoms. The normalized spacial score (nSPS) is 4.50. The number of rotatable bonds is 0. The molecule has 0 rings (SSSR count). The second kappa shape index (κ2) is 9.14. The van der Waals surface area contributed by atoms with Crippen molar-refractivity contribution >= 4 is 0 Å². The van der Waals surface area contributed by atoms with Crippen LogP contribution in [0.15, 0.2) is 0 Å². The number of nitrogens with one attached hydrogen (secondary N) is 1. The van der Waals surface area contributed by atoms with Crippen molar-refractivity contribution in [1.29, 1.82) is 0 Å². The van der Waals surface area contributed by atoms with E-state index in [-0.39, 0.29) is 26.2 Å². The average molecular weight is 135 g/mol. The maximum Gasteiger partial charge on any atom is 4.00 e. The van der Waals surface area contributed by atoms with Crippen molar-refractivity contribution in [3.8, 4) is 0 Å². The molecule has 0 aromatic rings. The van der Waals surface area contributed by atoms with E-state index in [0.29, 0.717) is 6.54 Å². The summed E-state index contributed by atoms with van der Waals surface area (Å²) in [6, 6.07) is 0. The third-order valence-electron chi connectivity index (χ3n) is 0. The maximum atomic E-state index is 6.21.